The van der Waals surface area contributed by atoms with Gasteiger partial charge in [0.2, 0.25) is 0 Å². The molecule has 0 unspecified atom stereocenters. The topological polar surface area (TPSA) is 30.5 Å². The molecule has 2 aliphatic rings. The summed E-state index contributed by atoms with van der Waals surface area (Å²) in [4.78, 5) is 0. The lowest BCUT2D eigenvalue weighted by Crippen LogP contribution is -2.35. The van der Waals surface area contributed by atoms with Crippen LogP contribution in [0.4, 0.5) is 0 Å². The van der Waals surface area contributed by atoms with E-state index in [4.69, 9.17) is 9.47 Å². The van der Waals surface area contributed by atoms with E-state index in [1.165, 1.54) is 5.56 Å². The Kier molecular flexibility index (Phi) is 4.82. The molecule has 0 amide bonds. The van der Waals surface area contributed by atoms with Crippen molar-refractivity contribution in [2.24, 2.45) is 0 Å². The molecule has 0 aromatic heterocycles. The molecule has 112 valence electrons. The van der Waals surface area contributed by atoms with Crippen LogP contribution in [0, 0.1) is 0 Å². The Bertz CT molecular complexity index is 456. The molecule has 1 aromatic carbocycles. The number of benzene rings is 1. The molecule has 0 radical (unpaired) electrons. The van der Waals surface area contributed by atoms with Crippen molar-refractivity contribution >= 4 is 12.4 Å². The third kappa shape index (κ3) is 3.39. The van der Waals surface area contributed by atoms with E-state index in [9.17, 15) is 0 Å². The molecule has 2 heterocycles. The quantitative estimate of drug-likeness (QED) is 0.908. The van der Waals surface area contributed by atoms with Gasteiger partial charge in [0.15, 0.2) is 0 Å². The number of rotatable bonds is 2. The first-order valence-electron chi connectivity index (χ1n) is 7.32. The fourth-order valence-electron chi connectivity index (χ4n) is 2.87. The number of nitrogens with one attached hydrogen (secondary N) is 1. The van der Waals surface area contributed by atoms with Crippen molar-refractivity contribution in [3.63, 3.8) is 0 Å². The van der Waals surface area contributed by atoms with Crippen LogP contribution >= 0.6 is 12.4 Å². The Morgan fingerprint density at radius 3 is 2.75 bits per heavy atom. The highest BCUT2D eigenvalue weighted by atomic mass is 35.5. The minimum atomic E-state index is -0.0552. The van der Waals surface area contributed by atoms with Gasteiger partial charge in [0, 0.05) is 5.56 Å². The highest BCUT2D eigenvalue weighted by Gasteiger charge is 2.29. The number of fused-ring (bicyclic) bond motifs is 1. The molecule has 0 atom stereocenters. The molecule has 0 aliphatic carbocycles. The zero-order chi connectivity index (χ0) is 13.3. The monoisotopic (exact) mass is 297 g/mol. The summed E-state index contributed by atoms with van der Waals surface area (Å²) in [7, 11) is 0. The van der Waals surface area contributed by atoms with E-state index >= 15 is 0 Å². The van der Waals surface area contributed by atoms with Crippen LogP contribution in [0.5, 0.6) is 11.5 Å². The maximum absolute atomic E-state index is 6.20. The Morgan fingerprint density at radius 2 is 2.00 bits per heavy atom. The van der Waals surface area contributed by atoms with Crippen molar-refractivity contribution < 1.29 is 9.47 Å². The Labute approximate surface area is 127 Å². The molecular weight excluding hydrogens is 274 g/mol. The van der Waals surface area contributed by atoms with Crippen molar-refractivity contribution in [1.29, 1.82) is 0 Å². The smallest absolute Gasteiger partial charge is 0.127 e. The zero-order valence-electron chi connectivity index (χ0n) is 12.3. The molecule has 2 aliphatic heterocycles. The Hall–Kier alpha value is -0.930. The standard InChI is InChI=1S/C16H23NO2.ClH/c1-16(2)9-6-13-14(4-3-5-15(13)19-16)18-12-7-10-17-11-8-12;/h3-5,12,17H,6-11H2,1-2H3;1H. The molecule has 0 saturated carbocycles. The van der Waals surface area contributed by atoms with Gasteiger partial charge in [0.25, 0.3) is 0 Å². The Balaban J connectivity index is 0.00000147. The summed E-state index contributed by atoms with van der Waals surface area (Å²) < 4.78 is 12.3. The SMILES string of the molecule is CC1(C)CCc2c(OC3CCNCC3)cccc2O1.Cl. The Morgan fingerprint density at radius 1 is 1.25 bits per heavy atom. The van der Waals surface area contributed by atoms with Gasteiger partial charge >= 0.3 is 0 Å². The van der Waals surface area contributed by atoms with Gasteiger partial charge in [-0.25, -0.2) is 0 Å². The van der Waals surface area contributed by atoms with E-state index in [2.05, 4.69) is 31.3 Å². The van der Waals surface area contributed by atoms with Crippen molar-refractivity contribution in [1.82, 2.24) is 5.32 Å². The van der Waals surface area contributed by atoms with E-state index < -0.39 is 0 Å². The summed E-state index contributed by atoms with van der Waals surface area (Å²) in [6.07, 6.45) is 4.63. The summed E-state index contributed by atoms with van der Waals surface area (Å²) in [5, 5.41) is 3.37. The molecule has 3 rings (SSSR count). The number of piperidine rings is 1. The lowest BCUT2D eigenvalue weighted by molar-refractivity contribution is 0.0814. The molecule has 4 heteroatoms. The summed E-state index contributed by atoms with van der Waals surface area (Å²) in [6, 6.07) is 6.19. The first-order chi connectivity index (χ1) is 9.14. The van der Waals surface area contributed by atoms with E-state index in [-0.39, 0.29) is 18.0 Å². The van der Waals surface area contributed by atoms with Crippen molar-refractivity contribution in [2.45, 2.75) is 51.2 Å². The van der Waals surface area contributed by atoms with Gasteiger partial charge in [-0.2, -0.15) is 0 Å². The van der Waals surface area contributed by atoms with Gasteiger partial charge in [-0.1, -0.05) is 6.07 Å². The van der Waals surface area contributed by atoms with Crippen LogP contribution in [-0.2, 0) is 6.42 Å². The van der Waals surface area contributed by atoms with E-state index in [1.54, 1.807) is 0 Å². The molecular formula is C16H24ClNO2. The normalized spacial score (nSPS) is 21.3. The van der Waals surface area contributed by atoms with Crippen LogP contribution < -0.4 is 14.8 Å². The first kappa shape index (κ1) is 15.5. The third-order valence-electron chi connectivity index (χ3n) is 4.03. The first-order valence-corrected chi connectivity index (χ1v) is 7.32. The highest BCUT2D eigenvalue weighted by Crippen LogP contribution is 2.38. The predicted molar refractivity (Wildman–Crippen MR) is 83.2 cm³/mol. The number of hydrogen-bond donors (Lipinski definition) is 1. The van der Waals surface area contributed by atoms with Crippen LogP contribution in [0.25, 0.3) is 0 Å². The van der Waals surface area contributed by atoms with Crippen molar-refractivity contribution in [2.75, 3.05) is 13.1 Å². The average Bonchev–Trinajstić information content (AvgIpc) is 2.39. The summed E-state index contributed by atoms with van der Waals surface area (Å²) in [6.45, 7) is 6.42. The second-order valence-corrected chi connectivity index (χ2v) is 6.16. The predicted octanol–water partition coefficient (Wildman–Crippen LogP) is 3.34. The molecule has 20 heavy (non-hydrogen) atoms. The maximum atomic E-state index is 6.20. The number of halogens is 1. The molecule has 1 saturated heterocycles. The summed E-state index contributed by atoms with van der Waals surface area (Å²) >= 11 is 0. The van der Waals surface area contributed by atoms with Gasteiger partial charge in [0.1, 0.15) is 23.2 Å². The second kappa shape index (κ2) is 6.23. The zero-order valence-corrected chi connectivity index (χ0v) is 13.1. The lowest BCUT2D eigenvalue weighted by atomic mass is 9.94. The summed E-state index contributed by atoms with van der Waals surface area (Å²) in [5.74, 6) is 2.03. The molecule has 1 fully saturated rings. The average molecular weight is 298 g/mol. The van der Waals surface area contributed by atoms with Crippen LogP contribution in [0.3, 0.4) is 0 Å². The van der Waals surface area contributed by atoms with Crippen molar-refractivity contribution in [3.05, 3.63) is 23.8 Å². The van der Waals surface area contributed by atoms with E-state index in [0.717, 1.165) is 50.3 Å². The van der Waals surface area contributed by atoms with Gasteiger partial charge in [-0.15, -0.1) is 12.4 Å². The van der Waals surface area contributed by atoms with E-state index in [1.807, 2.05) is 6.07 Å². The molecule has 1 N–H and O–H groups in total. The van der Waals surface area contributed by atoms with Gasteiger partial charge in [0.05, 0.1) is 0 Å². The number of ether oxygens (including phenoxy) is 2. The second-order valence-electron chi connectivity index (χ2n) is 6.16. The molecule has 3 nitrogen and oxygen atoms in total. The molecule has 0 bridgehead atoms. The van der Waals surface area contributed by atoms with Gasteiger partial charge < -0.3 is 14.8 Å². The highest BCUT2D eigenvalue weighted by molar-refractivity contribution is 5.85. The third-order valence-corrected chi connectivity index (χ3v) is 4.03. The van der Waals surface area contributed by atoms with Crippen molar-refractivity contribution in [3.8, 4) is 11.5 Å². The van der Waals surface area contributed by atoms with Crippen LogP contribution in [-0.4, -0.2) is 24.8 Å². The van der Waals surface area contributed by atoms with Gasteiger partial charge in [-0.05, 0) is 64.8 Å². The van der Waals surface area contributed by atoms with E-state index in [0.29, 0.717) is 6.10 Å². The van der Waals surface area contributed by atoms with Crippen LogP contribution in [0.15, 0.2) is 18.2 Å². The largest absolute Gasteiger partial charge is 0.490 e. The minimum absolute atomic E-state index is 0. The fraction of sp³-hybridized carbons (Fsp3) is 0.625. The lowest BCUT2D eigenvalue weighted by Gasteiger charge is -2.34. The van der Waals surface area contributed by atoms with Crippen LogP contribution in [0.1, 0.15) is 38.7 Å². The molecule has 0 spiro atoms. The minimum Gasteiger partial charge on any atom is -0.490 e. The summed E-state index contributed by atoms with van der Waals surface area (Å²) in [5.41, 5.74) is 1.20. The maximum Gasteiger partial charge on any atom is 0.127 e. The van der Waals surface area contributed by atoms with Gasteiger partial charge in [-0.3, -0.25) is 0 Å². The fourth-order valence-corrected chi connectivity index (χ4v) is 2.87. The van der Waals surface area contributed by atoms with Crippen LogP contribution in [0.2, 0.25) is 0 Å². The number of hydrogen-bond acceptors (Lipinski definition) is 3. The molecule has 1 aromatic rings.